The van der Waals surface area contributed by atoms with Crippen molar-refractivity contribution in [3.63, 3.8) is 0 Å². The van der Waals surface area contributed by atoms with E-state index in [1.165, 1.54) is 12.1 Å². The molecule has 0 radical (unpaired) electrons. The molecule has 24 heavy (non-hydrogen) atoms. The summed E-state index contributed by atoms with van der Waals surface area (Å²) >= 11 is 4.93. The van der Waals surface area contributed by atoms with Crippen molar-refractivity contribution in [1.82, 2.24) is 10.6 Å². The zero-order chi connectivity index (χ0) is 17.9. The number of hydrogen-bond acceptors (Lipinski definition) is 4. The van der Waals surface area contributed by atoms with Gasteiger partial charge < -0.3 is 20.5 Å². The number of ether oxygens (including phenoxy) is 1. The number of alkyl halides is 3. The van der Waals surface area contributed by atoms with Crippen molar-refractivity contribution >= 4 is 23.3 Å². The molecule has 0 aromatic heterocycles. The molecule has 0 spiro atoms. The molecule has 0 saturated carbocycles. The fourth-order valence-corrected chi connectivity index (χ4v) is 2.56. The molecule has 1 heterocycles. The summed E-state index contributed by atoms with van der Waals surface area (Å²) < 4.78 is 43.1. The second-order valence-electron chi connectivity index (χ2n) is 5.15. The minimum atomic E-state index is -4.46. The molecule has 9 heteroatoms. The third-order valence-corrected chi connectivity index (χ3v) is 3.61. The van der Waals surface area contributed by atoms with Crippen LogP contribution in [-0.2, 0) is 22.3 Å². The number of rotatable bonds is 4. The van der Waals surface area contributed by atoms with Gasteiger partial charge in [-0.2, -0.15) is 13.2 Å². The average molecular weight is 360 g/mol. The number of nitrogens with one attached hydrogen (secondary N) is 2. The van der Waals surface area contributed by atoms with Crippen molar-refractivity contribution in [2.45, 2.75) is 25.7 Å². The molecule has 2 rings (SSSR count). The molecule has 1 aliphatic rings. The number of esters is 1. The maximum Gasteiger partial charge on any atom is 0.416 e. The largest absolute Gasteiger partial charge is 0.457 e. The van der Waals surface area contributed by atoms with E-state index in [4.69, 9.17) is 17.0 Å². The van der Waals surface area contributed by atoms with Gasteiger partial charge in [0.1, 0.15) is 6.61 Å². The van der Waals surface area contributed by atoms with Crippen molar-refractivity contribution in [2.24, 2.45) is 0 Å². The maximum absolute atomic E-state index is 12.7. The first-order valence-electron chi connectivity index (χ1n) is 6.94. The van der Waals surface area contributed by atoms with Crippen molar-refractivity contribution in [2.75, 3.05) is 6.61 Å². The van der Waals surface area contributed by atoms with Gasteiger partial charge in [-0.15, -0.1) is 0 Å². The highest BCUT2D eigenvalue weighted by Gasteiger charge is 2.31. The Morgan fingerprint density at radius 2 is 2.12 bits per heavy atom. The Morgan fingerprint density at radius 1 is 1.42 bits per heavy atom. The Bertz CT molecular complexity index is 689. The second-order valence-corrected chi connectivity index (χ2v) is 5.55. The molecule has 1 atom stereocenters. The molecule has 1 aromatic rings. The van der Waals surface area contributed by atoms with Crippen LogP contribution in [0.1, 0.15) is 18.1 Å². The van der Waals surface area contributed by atoms with E-state index < -0.39 is 23.8 Å². The van der Waals surface area contributed by atoms with Gasteiger partial charge in [0, 0.05) is 5.70 Å². The van der Waals surface area contributed by atoms with Crippen LogP contribution in [0.25, 0.3) is 0 Å². The Hall–Kier alpha value is -2.13. The third-order valence-electron chi connectivity index (χ3n) is 3.39. The topological polar surface area (TPSA) is 70.6 Å². The molecule has 5 nitrogen and oxygen atoms in total. The van der Waals surface area contributed by atoms with Crippen LogP contribution in [0.2, 0.25) is 0 Å². The summed E-state index contributed by atoms with van der Waals surface area (Å²) in [4.78, 5) is 12.2. The number of carbonyl (C=O) groups is 1. The first kappa shape index (κ1) is 18.2. The normalized spacial score (nSPS) is 18.0. The van der Waals surface area contributed by atoms with E-state index in [1.807, 2.05) is 0 Å². The standard InChI is InChI=1S/C15H15F3N2O3S/c1-8-12(11(6-21)20-14(24)19-8)13(22)23-7-9-3-2-4-10(5-9)15(16,17)18/h2-5,11,21H,6-7H2,1H3,(H2,19,20,24). The SMILES string of the molecule is CC1=C(C(=O)OCc2cccc(C(F)(F)F)c2)C(CO)NC(=S)N1. The van der Waals surface area contributed by atoms with E-state index in [-0.39, 0.29) is 29.5 Å². The van der Waals surface area contributed by atoms with E-state index in [0.29, 0.717) is 5.70 Å². The highest BCUT2D eigenvalue weighted by molar-refractivity contribution is 7.80. The number of aliphatic hydroxyl groups excluding tert-OH is 1. The number of benzene rings is 1. The lowest BCUT2D eigenvalue weighted by Crippen LogP contribution is -2.51. The fourth-order valence-electron chi connectivity index (χ4n) is 2.26. The lowest BCUT2D eigenvalue weighted by atomic mass is 10.0. The summed E-state index contributed by atoms with van der Waals surface area (Å²) in [6.45, 7) is 0.895. The van der Waals surface area contributed by atoms with E-state index >= 15 is 0 Å². The minimum Gasteiger partial charge on any atom is -0.457 e. The summed E-state index contributed by atoms with van der Waals surface area (Å²) in [5.74, 6) is -0.744. The van der Waals surface area contributed by atoms with Gasteiger partial charge in [0.15, 0.2) is 5.11 Å². The summed E-state index contributed by atoms with van der Waals surface area (Å²) in [5, 5.41) is 15.1. The van der Waals surface area contributed by atoms with Crippen molar-refractivity contribution < 1.29 is 27.8 Å². The van der Waals surface area contributed by atoms with E-state index in [2.05, 4.69) is 10.6 Å². The number of halogens is 3. The van der Waals surface area contributed by atoms with E-state index in [0.717, 1.165) is 12.1 Å². The van der Waals surface area contributed by atoms with Gasteiger partial charge in [0.05, 0.1) is 23.8 Å². The molecule has 130 valence electrons. The van der Waals surface area contributed by atoms with Gasteiger partial charge >= 0.3 is 12.1 Å². The van der Waals surface area contributed by atoms with Gasteiger partial charge in [0.2, 0.25) is 0 Å². The van der Waals surface area contributed by atoms with Crippen molar-refractivity contribution in [1.29, 1.82) is 0 Å². The molecule has 3 N–H and O–H groups in total. The van der Waals surface area contributed by atoms with Crippen LogP contribution in [0, 0.1) is 0 Å². The first-order chi connectivity index (χ1) is 11.2. The van der Waals surface area contributed by atoms with Crippen LogP contribution in [0.5, 0.6) is 0 Å². The number of allylic oxidation sites excluding steroid dienone is 1. The maximum atomic E-state index is 12.7. The predicted octanol–water partition coefficient (Wildman–Crippen LogP) is 1.86. The lowest BCUT2D eigenvalue weighted by molar-refractivity contribution is -0.141. The molecular formula is C15H15F3N2O3S. The Labute approximate surface area is 141 Å². The van der Waals surface area contributed by atoms with E-state index in [1.54, 1.807) is 6.92 Å². The Morgan fingerprint density at radius 3 is 2.75 bits per heavy atom. The molecule has 1 aromatic carbocycles. The molecule has 1 aliphatic heterocycles. The van der Waals surface area contributed by atoms with Gasteiger partial charge in [-0.05, 0) is 36.8 Å². The highest BCUT2D eigenvalue weighted by Crippen LogP contribution is 2.29. The smallest absolute Gasteiger partial charge is 0.416 e. The zero-order valence-corrected chi connectivity index (χ0v) is 13.4. The summed E-state index contributed by atoms with van der Waals surface area (Å²) in [6, 6.07) is 3.81. The fraction of sp³-hybridized carbons (Fsp3) is 0.333. The first-order valence-corrected chi connectivity index (χ1v) is 7.35. The van der Waals surface area contributed by atoms with Crippen LogP contribution >= 0.6 is 12.2 Å². The molecular weight excluding hydrogens is 345 g/mol. The van der Waals surface area contributed by atoms with Crippen LogP contribution < -0.4 is 10.6 Å². The molecule has 1 unspecified atom stereocenters. The van der Waals surface area contributed by atoms with Crippen LogP contribution in [0.4, 0.5) is 13.2 Å². The summed E-state index contributed by atoms with van der Waals surface area (Å²) in [7, 11) is 0. The highest BCUT2D eigenvalue weighted by atomic mass is 32.1. The van der Waals surface area contributed by atoms with Crippen LogP contribution in [0.15, 0.2) is 35.5 Å². The zero-order valence-electron chi connectivity index (χ0n) is 12.6. The number of hydrogen-bond donors (Lipinski definition) is 3. The number of carbonyl (C=O) groups excluding carboxylic acids is 1. The van der Waals surface area contributed by atoms with Gasteiger partial charge in [-0.3, -0.25) is 0 Å². The minimum absolute atomic E-state index is 0.151. The Kier molecular flexibility index (Phi) is 5.45. The average Bonchev–Trinajstić information content (AvgIpc) is 2.51. The molecule has 0 aliphatic carbocycles. The molecule has 0 bridgehead atoms. The van der Waals surface area contributed by atoms with Gasteiger partial charge in [-0.1, -0.05) is 12.1 Å². The predicted molar refractivity (Wildman–Crippen MR) is 83.7 cm³/mol. The third kappa shape index (κ3) is 4.24. The Balaban J connectivity index is 2.10. The second kappa shape index (κ2) is 7.18. The number of aliphatic hydroxyl groups is 1. The van der Waals surface area contributed by atoms with Crippen molar-refractivity contribution in [3.05, 3.63) is 46.7 Å². The molecule has 0 fully saturated rings. The summed E-state index contributed by atoms with van der Waals surface area (Å²) in [6.07, 6.45) is -4.46. The van der Waals surface area contributed by atoms with E-state index in [9.17, 15) is 23.1 Å². The molecule has 0 saturated heterocycles. The number of thiocarbonyl (C=S) groups is 1. The van der Waals surface area contributed by atoms with Crippen LogP contribution in [-0.4, -0.2) is 28.8 Å². The van der Waals surface area contributed by atoms with Gasteiger partial charge in [-0.25, -0.2) is 4.79 Å². The lowest BCUT2D eigenvalue weighted by Gasteiger charge is -2.28. The monoisotopic (exact) mass is 360 g/mol. The van der Waals surface area contributed by atoms with Gasteiger partial charge in [0.25, 0.3) is 0 Å². The quantitative estimate of drug-likeness (QED) is 0.563. The summed E-state index contributed by atoms with van der Waals surface area (Å²) in [5.41, 5.74) is -0.0276. The molecule has 0 amide bonds. The van der Waals surface area contributed by atoms with Crippen molar-refractivity contribution in [3.8, 4) is 0 Å². The van der Waals surface area contributed by atoms with Crippen LogP contribution in [0.3, 0.4) is 0 Å².